The molecule has 0 spiro atoms. The largest absolute Gasteiger partial charge is 0.497 e. The van der Waals surface area contributed by atoms with E-state index in [1.165, 1.54) is 23.5 Å². The minimum Gasteiger partial charge on any atom is -0.497 e. The Morgan fingerprint density at radius 3 is 2.27 bits per heavy atom. The number of methoxy groups -OCH3 is 2. The molecule has 10 heteroatoms. The molecule has 1 amide bonds. The highest BCUT2D eigenvalue weighted by molar-refractivity contribution is 7.89. The fourth-order valence-electron chi connectivity index (χ4n) is 2.56. The Kier molecular flexibility index (Phi) is 9.31. The lowest BCUT2D eigenvalue weighted by molar-refractivity contribution is -0.131. The predicted molar refractivity (Wildman–Crippen MR) is 100 cm³/mol. The van der Waals surface area contributed by atoms with Crippen molar-refractivity contribution in [2.45, 2.75) is 4.90 Å². The summed E-state index contributed by atoms with van der Waals surface area (Å²) in [5.41, 5.74) is 0. The van der Waals surface area contributed by atoms with Crippen LogP contribution in [0.3, 0.4) is 0 Å². The maximum absolute atomic E-state index is 12.7. The van der Waals surface area contributed by atoms with Crippen LogP contribution in [0.15, 0.2) is 29.2 Å². The topological polar surface area (TPSA) is 88.2 Å². The number of carbonyl (C=O) groups is 1. The summed E-state index contributed by atoms with van der Waals surface area (Å²) in [5, 5.41) is 3.00. The van der Waals surface area contributed by atoms with Crippen molar-refractivity contribution in [3.63, 3.8) is 0 Å². The van der Waals surface area contributed by atoms with Crippen LogP contribution in [0, 0.1) is 0 Å². The lowest BCUT2D eigenvalue weighted by atomic mass is 10.3. The highest BCUT2D eigenvalue weighted by atomic mass is 35.5. The van der Waals surface area contributed by atoms with Gasteiger partial charge in [0.05, 0.1) is 25.2 Å². The Labute approximate surface area is 160 Å². The Balaban J connectivity index is 0.00000338. The highest BCUT2D eigenvalue weighted by Gasteiger charge is 2.29. The molecule has 1 aromatic carbocycles. The van der Waals surface area contributed by atoms with Crippen molar-refractivity contribution >= 4 is 28.3 Å². The summed E-state index contributed by atoms with van der Waals surface area (Å²) in [6.45, 7) is 2.74. The number of benzene rings is 1. The maximum Gasteiger partial charge on any atom is 0.243 e. The maximum atomic E-state index is 12.7. The van der Waals surface area contributed by atoms with Crippen molar-refractivity contribution in [1.82, 2.24) is 14.5 Å². The molecule has 0 bridgehead atoms. The van der Waals surface area contributed by atoms with Crippen LogP contribution in [0.4, 0.5) is 0 Å². The zero-order chi connectivity index (χ0) is 18.3. The van der Waals surface area contributed by atoms with Gasteiger partial charge in [-0.25, -0.2) is 8.42 Å². The Morgan fingerprint density at radius 1 is 1.12 bits per heavy atom. The first-order chi connectivity index (χ1) is 12.0. The van der Waals surface area contributed by atoms with Crippen molar-refractivity contribution < 1.29 is 22.7 Å². The number of nitrogens with zero attached hydrogens (tertiary/aromatic N) is 2. The summed E-state index contributed by atoms with van der Waals surface area (Å²) in [7, 11) is -0.418. The molecule has 26 heavy (non-hydrogen) atoms. The molecule has 8 nitrogen and oxygen atoms in total. The average Bonchev–Trinajstić information content (AvgIpc) is 2.65. The van der Waals surface area contributed by atoms with Crippen LogP contribution >= 0.6 is 12.4 Å². The SMILES string of the molecule is COCCNCC(=O)N1CCN(S(=O)(=O)c2ccc(OC)cc2)CC1.Cl. The standard InChI is InChI=1S/C16H25N3O5S.ClH/c1-23-12-7-17-13-16(20)18-8-10-19(11-9-18)25(21,22)15-5-3-14(24-2)4-6-15;/h3-6,17H,7-13H2,1-2H3;1H. The van der Waals surface area contributed by atoms with Crippen molar-refractivity contribution in [1.29, 1.82) is 0 Å². The monoisotopic (exact) mass is 407 g/mol. The minimum absolute atomic E-state index is 0. The fourth-order valence-corrected chi connectivity index (χ4v) is 3.98. The summed E-state index contributed by atoms with van der Waals surface area (Å²) in [6.07, 6.45) is 0. The van der Waals surface area contributed by atoms with Crippen LogP contribution in [0.1, 0.15) is 0 Å². The molecule has 1 N–H and O–H groups in total. The summed E-state index contributed by atoms with van der Waals surface area (Å²) < 4.78 is 36.7. The van der Waals surface area contributed by atoms with E-state index in [2.05, 4.69) is 5.32 Å². The summed E-state index contributed by atoms with van der Waals surface area (Å²) in [5.74, 6) is 0.577. The van der Waals surface area contributed by atoms with Crippen LogP contribution in [-0.2, 0) is 19.6 Å². The molecule has 148 valence electrons. The molecule has 1 saturated heterocycles. The molecule has 1 fully saturated rings. The van der Waals surface area contributed by atoms with Crippen molar-refractivity contribution in [3.8, 4) is 5.75 Å². The van der Waals surface area contributed by atoms with Crippen LogP contribution < -0.4 is 10.1 Å². The zero-order valence-corrected chi connectivity index (χ0v) is 16.6. The lowest BCUT2D eigenvalue weighted by Crippen LogP contribution is -2.52. The third-order valence-electron chi connectivity index (χ3n) is 4.05. The number of hydrogen-bond acceptors (Lipinski definition) is 6. The second-order valence-corrected chi connectivity index (χ2v) is 7.57. The van der Waals surface area contributed by atoms with Gasteiger partial charge in [-0.3, -0.25) is 4.79 Å². The van der Waals surface area contributed by atoms with Gasteiger partial charge in [-0.15, -0.1) is 12.4 Å². The Bertz CT molecular complexity index is 661. The molecular weight excluding hydrogens is 382 g/mol. The van der Waals surface area contributed by atoms with Crippen molar-refractivity contribution in [2.24, 2.45) is 0 Å². The first-order valence-corrected chi connectivity index (χ1v) is 9.54. The third kappa shape index (κ3) is 5.82. The molecule has 0 atom stereocenters. The third-order valence-corrected chi connectivity index (χ3v) is 5.96. The highest BCUT2D eigenvalue weighted by Crippen LogP contribution is 2.20. The van der Waals surface area contributed by atoms with Gasteiger partial charge < -0.3 is 19.7 Å². The molecule has 2 rings (SSSR count). The number of ether oxygens (including phenoxy) is 2. The van der Waals surface area contributed by atoms with E-state index < -0.39 is 10.0 Å². The van der Waals surface area contributed by atoms with E-state index in [1.54, 1.807) is 24.1 Å². The van der Waals surface area contributed by atoms with Crippen LogP contribution in [-0.4, -0.2) is 83.6 Å². The van der Waals surface area contributed by atoms with Gasteiger partial charge in [-0.05, 0) is 24.3 Å². The van der Waals surface area contributed by atoms with Gasteiger partial charge in [0.15, 0.2) is 0 Å². The van der Waals surface area contributed by atoms with E-state index >= 15 is 0 Å². The number of rotatable bonds is 8. The van der Waals surface area contributed by atoms with Gasteiger partial charge in [-0.1, -0.05) is 0 Å². The first kappa shape index (κ1) is 22.7. The second-order valence-electron chi connectivity index (χ2n) is 5.63. The van der Waals surface area contributed by atoms with Crippen molar-refractivity contribution in [2.75, 3.05) is 60.1 Å². The van der Waals surface area contributed by atoms with Crippen molar-refractivity contribution in [3.05, 3.63) is 24.3 Å². The molecular formula is C16H26ClN3O5S. The van der Waals surface area contributed by atoms with Gasteiger partial charge in [0, 0.05) is 39.8 Å². The average molecular weight is 408 g/mol. The zero-order valence-electron chi connectivity index (χ0n) is 15.0. The molecule has 0 aromatic heterocycles. The van der Waals surface area contributed by atoms with E-state index in [0.717, 1.165) is 0 Å². The van der Waals surface area contributed by atoms with Gasteiger partial charge in [-0.2, -0.15) is 4.31 Å². The molecule has 1 aliphatic heterocycles. The van der Waals surface area contributed by atoms with Gasteiger partial charge in [0.25, 0.3) is 0 Å². The van der Waals surface area contributed by atoms with E-state index in [9.17, 15) is 13.2 Å². The number of carbonyl (C=O) groups excluding carboxylic acids is 1. The normalized spacial score (nSPS) is 15.4. The first-order valence-electron chi connectivity index (χ1n) is 8.10. The summed E-state index contributed by atoms with van der Waals surface area (Å²) in [4.78, 5) is 14.0. The minimum atomic E-state index is -3.55. The summed E-state index contributed by atoms with van der Waals surface area (Å²) >= 11 is 0. The molecule has 0 radical (unpaired) electrons. The van der Waals surface area contributed by atoms with E-state index in [1.807, 2.05) is 0 Å². The van der Waals surface area contributed by atoms with Gasteiger partial charge in [0.1, 0.15) is 5.75 Å². The van der Waals surface area contributed by atoms with Gasteiger partial charge >= 0.3 is 0 Å². The smallest absolute Gasteiger partial charge is 0.243 e. The Morgan fingerprint density at radius 2 is 1.73 bits per heavy atom. The van der Waals surface area contributed by atoms with Crippen LogP contribution in [0.2, 0.25) is 0 Å². The number of amides is 1. The van der Waals surface area contributed by atoms with Gasteiger partial charge in [0.2, 0.25) is 15.9 Å². The second kappa shape index (κ2) is 10.7. The lowest BCUT2D eigenvalue weighted by Gasteiger charge is -2.34. The predicted octanol–water partition coefficient (Wildman–Crippen LogP) is 0.186. The Hall–Kier alpha value is -1.39. The molecule has 1 heterocycles. The summed E-state index contributed by atoms with van der Waals surface area (Å²) in [6, 6.07) is 6.31. The molecule has 1 aliphatic rings. The molecule has 1 aromatic rings. The van der Waals surface area contributed by atoms with Crippen LogP contribution in [0.25, 0.3) is 0 Å². The quantitative estimate of drug-likeness (QED) is 0.619. The number of sulfonamides is 1. The van der Waals surface area contributed by atoms with E-state index in [0.29, 0.717) is 32.0 Å². The number of nitrogens with one attached hydrogen (secondary N) is 1. The fraction of sp³-hybridized carbons (Fsp3) is 0.562. The van der Waals surface area contributed by atoms with E-state index in [4.69, 9.17) is 9.47 Å². The molecule has 0 aliphatic carbocycles. The van der Waals surface area contributed by atoms with Crippen LogP contribution in [0.5, 0.6) is 5.75 Å². The molecule has 0 saturated carbocycles. The number of piperazine rings is 1. The molecule has 0 unspecified atom stereocenters. The number of hydrogen-bond donors (Lipinski definition) is 1. The number of halogens is 1. The van der Waals surface area contributed by atoms with E-state index in [-0.39, 0.29) is 42.8 Å².